The van der Waals surface area contributed by atoms with E-state index in [2.05, 4.69) is 16.8 Å². The average molecular weight is 254 g/mol. The number of likely N-dealkylation sites (N-methyl/N-ethyl adjacent to an activating group) is 1. The normalized spacial score (nSPS) is 44.4. The summed E-state index contributed by atoms with van der Waals surface area (Å²) in [6, 6.07) is 0. The second-order valence-electron chi connectivity index (χ2n) is 5.41. The molecule has 3 aliphatic carbocycles. The number of hydrogen-bond donors (Lipinski definition) is 1. The van der Waals surface area contributed by atoms with Crippen molar-refractivity contribution in [1.82, 2.24) is 9.80 Å². The van der Waals surface area contributed by atoms with Crippen molar-refractivity contribution in [1.29, 1.82) is 0 Å². The van der Waals surface area contributed by atoms with Crippen LogP contribution in [0.2, 0.25) is 0 Å². The second-order valence-corrected chi connectivity index (χ2v) is 5.41. The van der Waals surface area contributed by atoms with E-state index in [1.165, 1.54) is 45.4 Å². The highest BCUT2D eigenvalue weighted by Gasteiger charge is 2.68. The lowest BCUT2D eigenvalue weighted by molar-refractivity contribution is -0.170. The van der Waals surface area contributed by atoms with Crippen molar-refractivity contribution >= 4 is 24.8 Å². The quantitative estimate of drug-likeness (QED) is 0.748. The molecule has 0 radical (unpaired) electrons. The van der Waals surface area contributed by atoms with Crippen LogP contribution in [0.25, 0.3) is 0 Å². The van der Waals surface area contributed by atoms with Gasteiger partial charge in [-0.25, -0.2) is 0 Å². The molecule has 3 saturated carbocycles. The van der Waals surface area contributed by atoms with Crippen LogP contribution in [0.1, 0.15) is 19.3 Å². The molecule has 0 aromatic carbocycles. The van der Waals surface area contributed by atoms with Crippen molar-refractivity contribution < 1.29 is 0 Å². The minimum atomic E-state index is 0. The zero-order chi connectivity index (χ0) is 9.10. The molecule has 1 saturated heterocycles. The van der Waals surface area contributed by atoms with E-state index < -0.39 is 0 Å². The number of nitrogens with zero attached hydrogens (tertiary/aromatic N) is 2. The van der Waals surface area contributed by atoms with Gasteiger partial charge in [0.2, 0.25) is 0 Å². The molecule has 1 aliphatic heterocycles. The van der Waals surface area contributed by atoms with Crippen LogP contribution in [0.4, 0.5) is 0 Å². The van der Waals surface area contributed by atoms with Gasteiger partial charge in [0.1, 0.15) is 0 Å². The van der Waals surface area contributed by atoms with Crippen LogP contribution in [-0.4, -0.2) is 54.1 Å². The minimum Gasteiger partial charge on any atom is -0.325 e. The summed E-state index contributed by atoms with van der Waals surface area (Å²) in [7, 11) is 2.21. The molecule has 90 valence electrons. The van der Waals surface area contributed by atoms with E-state index >= 15 is 0 Å². The van der Waals surface area contributed by atoms with Gasteiger partial charge in [-0.1, -0.05) is 0 Å². The van der Waals surface area contributed by atoms with Crippen LogP contribution in [0, 0.1) is 0 Å². The highest BCUT2D eigenvalue weighted by Crippen LogP contribution is 2.62. The molecule has 15 heavy (non-hydrogen) atoms. The maximum absolute atomic E-state index is 6.07. The van der Waals surface area contributed by atoms with Gasteiger partial charge in [-0.2, -0.15) is 0 Å². The molecule has 3 nitrogen and oxygen atoms in total. The lowest BCUT2D eigenvalue weighted by atomic mass is 9.44. The molecule has 5 heteroatoms. The molecule has 0 aromatic heterocycles. The summed E-state index contributed by atoms with van der Waals surface area (Å²) in [5.41, 5.74) is 6.90. The van der Waals surface area contributed by atoms with E-state index in [9.17, 15) is 0 Å². The Labute approximate surface area is 104 Å². The van der Waals surface area contributed by atoms with E-state index in [1.807, 2.05) is 0 Å². The van der Waals surface area contributed by atoms with Crippen molar-refractivity contribution in [3.05, 3.63) is 0 Å². The Morgan fingerprint density at radius 1 is 0.933 bits per heavy atom. The fraction of sp³-hybridized carbons (Fsp3) is 1.00. The summed E-state index contributed by atoms with van der Waals surface area (Å²) in [5, 5.41) is 0. The van der Waals surface area contributed by atoms with E-state index in [0.29, 0.717) is 5.54 Å². The first kappa shape index (κ1) is 13.5. The molecule has 4 aliphatic rings. The van der Waals surface area contributed by atoms with E-state index in [-0.39, 0.29) is 30.4 Å². The van der Waals surface area contributed by atoms with Gasteiger partial charge in [0.15, 0.2) is 0 Å². The summed E-state index contributed by atoms with van der Waals surface area (Å²) in [6.45, 7) is 4.98. The molecule has 1 heterocycles. The molecule has 2 bridgehead atoms. The highest BCUT2D eigenvalue weighted by atomic mass is 35.5. The SMILES string of the molecule is CN1CCN(C23CC(N)(C2)C3)CC1.Cl.Cl. The largest absolute Gasteiger partial charge is 0.325 e. The summed E-state index contributed by atoms with van der Waals surface area (Å²) in [6.07, 6.45) is 3.80. The molecule has 0 unspecified atom stereocenters. The maximum atomic E-state index is 6.07. The maximum Gasteiger partial charge on any atom is 0.0263 e. The van der Waals surface area contributed by atoms with Gasteiger partial charge in [-0.3, -0.25) is 4.90 Å². The number of hydrogen-bond acceptors (Lipinski definition) is 3. The van der Waals surface area contributed by atoms with Crippen molar-refractivity contribution in [3.63, 3.8) is 0 Å². The third-order valence-corrected chi connectivity index (χ3v) is 4.22. The number of nitrogens with two attached hydrogens (primary N) is 1. The molecular weight excluding hydrogens is 233 g/mol. The average Bonchev–Trinajstić information content (AvgIpc) is 1.99. The van der Waals surface area contributed by atoms with Gasteiger partial charge < -0.3 is 10.6 Å². The minimum absolute atomic E-state index is 0. The zero-order valence-electron chi connectivity index (χ0n) is 9.24. The molecule has 4 rings (SSSR count). The van der Waals surface area contributed by atoms with Crippen molar-refractivity contribution in [3.8, 4) is 0 Å². The van der Waals surface area contributed by atoms with Crippen LogP contribution < -0.4 is 5.73 Å². The summed E-state index contributed by atoms with van der Waals surface area (Å²) in [5.74, 6) is 0. The molecule has 0 atom stereocenters. The molecule has 4 fully saturated rings. The monoisotopic (exact) mass is 253 g/mol. The van der Waals surface area contributed by atoms with E-state index in [4.69, 9.17) is 5.73 Å². The van der Waals surface area contributed by atoms with E-state index in [1.54, 1.807) is 0 Å². The number of piperazine rings is 1. The molecular formula is C10H21Cl2N3. The Bertz CT molecular complexity index is 219. The first-order valence-electron chi connectivity index (χ1n) is 5.35. The van der Waals surface area contributed by atoms with Gasteiger partial charge in [-0.05, 0) is 26.3 Å². The Hall–Kier alpha value is 0.460. The Morgan fingerprint density at radius 3 is 1.80 bits per heavy atom. The van der Waals surface area contributed by atoms with Crippen LogP contribution in [0.15, 0.2) is 0 Å². The van der Waals surface area contributed by atoms with Crippen LogP contribution in [0.5, 0.6) is 0 Å². The Morgan fingerprint density at radius 2 is 1.40 bits per heavy atom. The lowest BCUT2D eigenvalue weighted by Gasteiger charge is -2.73. The fourth-order valence-electron chi connectivity index (χ4n) is 3.43. The topological polar surface area (TPSA) is 32.5 Å². The third-order valence-electron chi connectivity index (χ3n) is 4.22. The summed E-state index contributed by atoms with van der Waals surface area (Å²) < 4.78 is 0. The zero-order valence-corrected chi connectivity index (χ0v) is 10.9. The highest BCUT2D eigenvalue weighted by molar-refractivity contribution is 5.85. The van der Waals surface area contributed by atoms with Gasteiger partial charge >= 0.3 is 0 Å². The molecule has 0 aromatic rings. The standard InChI is InChI=1S/C10H19N3.2ClH/c1-12-2-4-13(5-3-12)10-6-9(11,7-10)8-10;;/h2-8,11H2,1H3;2*1H. The van der Waals surface area contributed by atoms with Crippen LogP contribution in [-0.2, 0) is 0 Å². The predicted octanol–water partition coefficient (Wildman–Crippen LogP) is 0.711. The summed E-state index contributed by atoms with van der Waals surface area (Å²) in [4.78, 5) is 5.10. The van der Waals surface area contributed by atoms with Gasteiger partial charge in [0, 0.05) is 37.3 Å². The number of halogens is 2. The van der Waals surface area contributed by atoms with Crippen molar-refractivity contribution in [2.24, 2.45) is 5.73 Å². The fourth-order valence-corrected chi connectivity index (χ4v) is 3.43. The molecule has 0 amide bonds. The van der Waals surface area contributed by atoms with Crippen LogP contribution >= 0.6 is 24.8 Å². The summed E-state index contributed by atoms with van der Waals surface area (Å²) >= 11 is 0. The van der Waals surface area contributed by atoms with Crippen molar-refractivity contribution in [2.45, 2.75) is 30.3 Å². The van der Waals surface area contributed by atoms with Gasteiger partial charge in [0.25, 0.3) is 0 Å². The van der Waals surface area contributed by atoms with Crippen LogP contribution in [0.3, 0.4) is 0 Å². The molecule has 2 N–H and O–H groups in total. The Kier molecular flexibility index (Phi) is 3.64. The predicted molar refractivity (Wildman–Crippen MR) is 67.1 cm³/mol. The van der Waals surface area contributed by atoms with E-state index in [0.717, 1.165) is 0 Å². The van der Waals surface area contributed by atoms with Gasteiger partial charge in [-0.15, -0.1) is 24.8 Å². The first-order valence-corrected chi connectivity index (χ1v) is 5.35. The van der Waals surface area contributed by atoms with Crippen molar-refractivity contribution in [2.75, 3.05) is 33.2 Å². The lowest BCUT2D eigenvalue weighted by Crippen LogP contribution is -2.83. The van der Waals surface area contributed by atoms with Gasteiger partial charge in [0.05, 0.1) is 0 Å². The third kappa shape index (κ3) is 1.89. The Balaban J connectivity index is 0.000000562. The molecule has 0 spiro atoms. The second kappa shape index (κ2) is 4.04. The number of rotatable bonds is 1. The first-order chi connectivity index (χ1) is 6.12. The smallest absolute Gasteiger partial charge is 0.0263 e.